The van der Waals surface area contributed by atoms with Crippen molar-refractivity contribution in [3.63, 3.8) is 0 Å². The molecule has 0 bridgehead atoms. The number of esters is 1. The van der Waals surface area contributed by atoms with E-state index >= 15 is 0 Å². The van der Waals surface area contributed by atoms with Crippen LogP contribution in [0.2, 0.25) is 0 Å². The van der Waals surface area contributed by atoms with E-state index in [-0.39, 0.29) is 18.5 Å². The molecule has 6 N–H and O–H groups in total. The summed E-state index contributed by atoms with van der Waals surface area (Å²) in [5.41, 5.74) is 0. The van der Waals surface area contributed by atoms with Crippen LogP contribution < -0.4 is 5.32 Å². The highest BCUT2D eigenvalue weighted by Crippen LogP contribution is 2.23. The molecule has 0 saturated carbocycles. The summed E-state index contributed by atoms with van der Waals surface area (Å²) in [5, 5.41) is 54.1. The Labute approximate surface area is 464 Å². The quantitative estimate of drug-likeness (QED) is 0.0195. The van der Waals surface area contributed by atoms with Gasteiger partial charge in [0.1, 0.15) is 24.4 Å². The second-order valence-electron chi connectivity index (χ2n) is 21.4. The Hall–Kier alpha value is -2.90. The van der Waals surface area contributed by atoms with Crippen LogP contribution >= 0.6 is 0 Å². The van der Waals surface area contributed by atoms with Crippen LogP contribution in [0.4, 0.5) is 0 Å². The maximum absolute atomic E-state index is 13.0. The molecule has 1 amide bonds. The summed E-state index contributed by atoms with van der Waals surface area (Å²) in [6.07, 6.45) is 62.0. The molecular weight excluding hydrogens is 955 g/mol. The first kappa shape index (κ1) is 71.1. The first-order valence-electron chi connectivity index (χ1n) is 31.2. The van der Waals surface area contributed by atoms with Crippen LogP contribution in [0.5, 0.6) is 0 Å². The Morgan fingerprint density at radius 1 is 0.513 bits per heavy atom. The number of nitrogens with one attached hydrogen (secondary N) is 1. The van der Waals surface area contributed by atoms with Crippen LogP contribution in [-0.2, 0) is 23.8 Å². The van der Waals surface area contributed by atoms with Crippen LogP contribution in [0, 0.1) is 0 Å². The van der Waals surface area contributed by atoms with Gasteiger partial charge >= 0.3 is 5.97 Å². The molecule has 11 nitrogen and oxygen atoms in total. The lowest BCUT2D eigenvalue weighted by Crippen LogP contribution is -2.60. The lowest BCUT2D eigenvalue weighted by atomic mass is 9.99. The zero-order chi connectivity index (χ0) is 55.2. The number of carbonyl (C=O) groups is 2. The standard InChI is InChI=1S/C65H115NO10/c1-3-5-7-9-11-13-14-15-16-17-24-27-30-33-37-41-45-49-53-61(70)74-54-50-46-42-38-34-31-28-25-22-20-18-19-21-23-26-29-32-36-40-44-48-52-60(69)66-57(58(68)51-47-43-39-35-12-10-8-6-4-2)56-75-65-64(73)63(72)62(71)59(55-67)76-65/h4,6,12,16-17,31,34-35,42,46-47,51,57-59,62-65,67-68,71-73H,3,5,7-11,13-15,18-30,32-33,36-41,43-45,48-50,52-56H2,1-2H3,(H,66,69)/b6-4+,17-16-,34-31-,35-12+,46-42-,51-47+. The van der Waals surface area contributed by atoms with Gasteiger partial charge in [-0.3, -0.25) is 9.59 Å². The molecular formula is C65H115NO10. The summed E-state index contributed by atoms with van der Waals surface area (Å²) in [6.45, 7) is 3.97. The summed E-state index contributed by atoms with van der Waals surface area (Å²) >= 11 is 0. The first-order chi connectivity index (χ1) is 37.2. The molecule has 440 valence electrons. The average molecular weight is 1070 g/mol. The van der Waals surface area contributed by atoms with Gasteiger partial charge in [-0.1, -0.05) is 228 Å². The topological polar surface area (TPSA) is 175 Å². The average Bonchev–Trinajstić information content (AvgIpc) is 3.42. The van der Waals surface area contributed by atoms with Crippen molar-refractivity contribution < 1.29 is 49.3 Å². The summed E-state index contributed by atoms with van der Waals surface area (Å²) in [4.78, 5) is 25.1. The van der Waals surface area contributed by atoms with E-state index in [1.165, 1.54) is 154 Å². The Bertz CT molecular complexity index is 1490. The number of amides is 1. The first-order valence-corrected chi connectivity index (χ1v) is 31.2. The van der Waals surface area contributed by atoms with Gasteiger partial charge in [0.15, 0.2) is 6.29 Å². The van der Waals surface area contributed by atoms with Crippen molar-refractivity contribution in [3.05, 3.63) is 72.9 Å². The Balaban J connectivity index is 2.01. The second-order valence-corrected chi connectivity index (χ2v) is 21.4. The number of aliphatic hydroxyl groups excluding tert-OH is 5. The van der Waals surface area contributed by atoms with Crippen molar-refractivity contribution in [2.75, 3.05) is 19.8 Å². The Morgan fingerprint density at radius 3 is 1.46 bits per heavy atom. The highest BCUT2D eigenvalue weighted by atomic mass is 16.7. The van der Waals surface area contributed by atoms with Gasteiger partial charge in [0.25, 0.3) is 0 Å². The minimum atomic E-state index is -1.58. The molecule has 1 heterocycles. The van der Waals surface area contributed by atoms with E-state index in [4.69, 9.17) is 14.2 Å². The maximum atomic E-state index is 13.0. The third-order valence-electron chi connectivity index (χ3n) is 14.4. The van der Waals surface area contributed by atoms with Crippen molar-refractivity contribution >= 4 is 11.9 Å². The van der Waals surface area contributed by atoms with Crippen LogP contribution in [-0.4, -0.2) is 100 Å². The van der Waals surface area contributed by atoms with Crippen molar-refractivity contribution in [2.45, 2.75) is 307 Å². The molecule has 0 aromatic heterocycles. The van der Waals surface area contributed by atoms with Crippen molar-refractivity contribution in [1.29, 1.82) is 0 Å². The minimum Gasteiger partial charge on any atom is -0.465 e. The fourth-order valence-electron chi connectivity index (χ4n) is 9.42. The van der Waals surface area contributed by atoms with Gasteiger partial charge in [0, 0.05) is 12.8 Å². The molecule has 7 atom stereocenters. The van der Waals surface area contributed by atoms with Gasteiger partial charge in [0.05, 0.1) is 32.0 Å². The summed E-state index contributed by atoms with van der Waals surface area (Å²) in [6, 6.07) is -0.839. The number of unbranched alkanes of at least 4 members (excludes halogenated alkanes) is 30. The van der Waals surface area contributed by atoms with E-state index in [0.717, 1.165) is 77.0 Å². The van der Waals surface area contributed by atoms with Gasteiger partial charge in [0.2, 0.25) is 5.91 Å². The number of rotatable bonds is 53. The molecule has 1 rings (SSSR count). The highest BCUT2D eigenvalue weighted by molar-refractivity contribution is 5.76. The molecule has 1 saturated heterocycles. The largest absolute Gasteiger partial charge is 0.465 e. The van der Waals surface area contributed by atoms with Gasteiger partial charge < -0.3 is 45.1 Å². The van der Waals surface area contributed by atoms with Crippen LogP contribution in [0.1, 0.15) is 264 Å². The van der Waals surface area contributed by atoms with E-state index in [1.807, 2.05) is 19.1 Å². The monoisotopic (exact) mass is 1070 g/mol. The third kappa shape index (κ3) is 43.0. The molecule has 11 heteroatoms. The molecule has 7 unspecified atom stereocenters. The molecule has 1 aliphatic rings. The van der Waals surface area contributed by atoms with Crippen molar-refractivity contribution in [2.24, 2.45) is 0 Å². The van der Waals surface area contributed by atoms with Gasteiger partial charge in [-0.05, 0) is 96.8 Å². The number of ether oxygens (including phenoxy) is 3. The number of aliphatic hydroxyl groups is 5. The number of carbonyl (C=O) groups excluding carboxylic acids is 2. The van der Waals surface area contributed by atoms with E-state index < -0.39 is 49.5 Å². The highest BCUT2D eigenvalue weighted by Gasteiger charge is 2.44. The molecule has 0 aromatic carbocycles. The smallest absolute Gasteiger partial charge is 0.305 e. The van der Waals surface area contributed by atoms with Gasteiger partial charge in [-0.2, -0.15) is 0 Å². The zero-order valence-corrected chi connectivity index (χ0v) is 48.4. The van der Waals surface area contributed by atoms with Crippen LogP contribution in [0.3, 0.4) is 0 Å². The van der Waals surface area contributed by atoms with Crippen LogP contribution in [0.15, 0.2) is 72.9 Å². The number of hydrogen-bond acceptors (Lipinski definition) is 10. The van der Waals surface area contributed by atoms with E-state index in [1.54, 1.807) is 6.08 Å². The Morgan fingerprint density at radius 2 is 0.947 bits per heavy atom. The van der Waals surface area contributed by atoms with Gasteiger partial charge in [-0.25, -0.2) is 0 Å². The predicted molar refractivity (Wildman–Crippen MR) is 315 cm³/mol. The van der Waals surface area contributed by atoms with Crippen molar-refractivity contribution in [3.8, 4) is 0 Å². The molecule has 1 aliphatic heterocycles. The van der Waals surface area contributed by atoms with Crippen molar-refractivity contribution in [1.82, 2.24) is 5.32 Å². The van der Waals surface area contributed by atoms with E-state index in [9.17, 15) is 35.1 Å². The van der Waals surface area contributed by atoms with E-state index in [2.05, 4.69) is 66.9 Å². The number of allylic oxidation sites excluding steroid dienone is 10. The lowest BCUT2D eigenvalue weighted by Gasteiger charge is -2.40. The summed E-state index contributed by atoms with van der Waals surface area (Å²) in [7, 11) is 0. The zero-order valence-electron chi connectivity index (χ0n) is 48.4. The second kappa shape index (κ2) is 54.1. The minimum absolute atomic E-state index is 0.0531. The number of hydrogen-bond donors (Lipinski definition) is 6. The SMILES string of the molecule is C/C=C/CC/C=C/CC/C=C/C(O)C(COC1OC(CO)C(O)C(O)C1O)NC(=O)CCCCCCCCCCCCCCCC/C=C\C/C=C\CCOC(=O)CCCCCCCCC/C=C\CCCCCCCCC. The Kier molecular flexibility index (Phi) is 50.6. The predicted octanol–water partition coefficient (Wildman–Crippen LogP) is 14.8. The molecule has 1 fully saturated rings. The third-order valence-corrected chi connectivity index (χ3v) is 14.4. The molecule has 0 spiro atoms. The maximum Gasteiger partial charge on any atom is 0.305 e. The molecule has 0 radical (unpaired) electrons. The molecule has 0 aromatic rings. The lowest BCUT2D eigenvalue weighted by molar-refractivity contribution is -0.302. The summed E-state index contributed by atoms with van der Waals surface area (Å²) < 4.78 is 16.6. The fraction of sp³-hybridized carbons (Fsp3) is 0.785. The van der Waals surface area contributed by atoms with E-state index in [0.29, 0.717) is 25.9 Å². The molecule has 76 heavy (non-hydrogen) atoms. The summed E-state index contributed by atoms with van der Waals surface area (Å²) in [5.74, 6) is -0.259. The molecule has 0 aliphatic carbocycles. The normalized spacial score (nSPS) is 19.2. The fourth-order valence-corrected chi connectivity index (χ4v) is 9.42. The van der Waals surface area contributed by atoms with Gasteiger partial charge in [-0.15, -0.1) is 0 Å². The van der Waals surface area contributed by atoms with Crippen LogP contribution in [0.25, 0.3) is 0 Å².